The highest BCUT2D eigenvalue weighted by molar-refractivity contribution is 6.05. The summed E-state index contributed by atoms with van der Waals surface area (Å²) >= 11 is 0. The van der Waals surface area contributed by atoms with Gasteiger partial charge in [-0.2, -0.15) is 0 Å². The highest BCUT2D eigenvalue weighted by Crippen LogP contribution is 2.13. The molecule has 0 radical (unpaired) electrons. The molecule has 2 aromatic carbocycles. The molecule has 2 rings (SSSR count). The highest BCUT2D eigenvalue weighted by atomic mass is 16.5. The van der Waals surface area contributed by atoms with E-state index in [2.05, 4.69) is 10.9 Å². The number of aromatic carboxylic acids is 1. The molecule has 0 saturated heterocycles. The smallest absolute Gasteiger partial charge is 0.270 e. The van der Waals surface area contributed by atoms with Gasteiger partial charge in [-0.3, -0.25) is 20.4 Å². The van der Waals surface area contributed by atoms with Gasteiger partial charge in [-0.05, 0) is 44.2 Å². The summed E-state index contributed by atoms with van der Waals surface area (Å²) in [5, 5.41) is 11.0. The Kier molecular flexibility index (Phi) is 5.73. The van der Waals surface area contributed by atoms with Crippen LogP contribution in [0.4, 0.5) is 0 Å². The third kappa shape index (κ3) is 4.81. The number of carbonyl (C=O) groups excluding carboxylic acids is 3. The second kappa shape index (κ2) is 7.96. The van der Waals surface area contributed by atoms with Gasteiger partial charge in [0.05, 0.1) is 17.6 Å². The Morgan fingerprint density at radius 2 is 1.44 bits per heavy atom. The van der Waals surface area contributed by atoms with Crippen molar-refractivity contribution in [1.82, 2.24) is 10.9 Å². The van der Waals surface area contributed by atoms with Crippen LogP contribution in [0.3, 0.4) is 0 Å². The molecule has 2 amide bonds. The molecular weight excluding hydrogens is 324 g/mol. The van der Waals surface area contributed by atoms with Crippen molar-refractivity contribution in [3.8, 4) is 5.75 Å². The first-order chi connectivity index (χ1) is 11.9. The first-order valence-electron chi connectivity index (χ1n) is 7.56. The first kappa shape index (κ1) is 18.0. The Morgan fingerprint density at radius 1 is 0.880 bits per heavy atom. The summed E-state index contributed by atoms with van der Waals surface area (Å²) in [5.41, 5.74) is 4.35. The Morgan fingerprint density at radius 3 is 2.00 bits per heavy atom. The summed E-state index contributed by atoms with van der Waals surface area (Å²) in [6, 6.07) is 11.9. The minimum atomic E-state index is -1.47. The number of rotatable bonds is 5. The van der Waals surface area contributed by atoms with E-state index in [9.17, 15) is 19.5 Å². The number of carbonyl (C=O) groups is 3. The van der Waals surface area contributed by atoms with Crippen LogP contribution < -0.4 is 20.7 Å². The second-order valence-electron chi connectivity index (χ2n) is 5.43. The normalized spacial score (nSPS) is 10.2. The fourth-order valence-corrected chi connectivity index (χ4v) is 2.07. The molecule has 0 saturated carbocycles. The number of hydrogen-bond donors (Lipinski definition) is 2. The number of benzene rings is 2. The van der Waals surface area contributed by atoms with Crippen molar-refractivity contribution in [3.05, 3.63) is 65.2 Å². The third-order valence-electron chi connectivity index (χ3n) is 3.17. The molecule has 0 aliphatic carbocycles. The lowest BCUT2D eigenvalue weighted by Crippen LogP contribution is -2.42. The van der Waals surface area contributed by atoms with E-state index in [-0.39, 0.29) is 17.2 Å². The van der Waals surface area contributed by atoms with Crippen molar-refractivity contribution in [2.24, 2.45) is 0 Å². The van der Waals surface area contributed by atoms with Gasteiger partial charge in [0.25, 0.3) is 11.8 Å². The predicted molar refractivity (Wildman–Crippen MR) is 87.9 cm³/mol. The molecule has 0 unspecified atom stereocenters. The molecule has 0 aliphatic heterocycles. The molecule has 0 bridgehead atoms. The van der Waals surface area contributed by atoms with E-state index in [0.717, 1.165) is 0 Å². The van der Waals surface area contributed by atoms with Crippen molar-refractivity contribution in [2.75, 3.05) is 0 Å². The maximum Gasteiger partial charge on any atom is 0.270 e. The topological polar surface area (TPSA) is 108 Å². The van der Waals surface area contributed by atoms with Gasteiger partial charge in [-0.15, -0.1) is 0 Å². The first-order valence-corrected chi connectivity index (χ1v) is 7.56. The Hall–Kier alpha value is -3.35. The number of amides is 2. The molecule has 0 heterocycles. The zero-order chi connectivity index (χ0) is 18.4. The largest absolute Gasteiger partial charge is 0.545 e. The van der Waals surface area contributed by atoms with Gasteiger partial charge in [-0.1, -0.05) is 18.2 Å². The summed E-state index contributed by atoms with van der Waals surface area (Å²) < 4.78 is 5.48. The van der Waals surface area contributed by atoms with Gasteiger partial charge >= 0.3 is 0 Å². The zero-order valence-electron chi connectivity index (χ0n) is 13.7. The molecule has 130 valence electrons. The number of nitrogens with one attached hydrogen (secondary N) is 2. The van der Waals surface area contributed by atoms with Crippen LogP contribution in [0.5, 0.6) is 5.75 Å². The molecule has 7 nitrogen and oxygen atoms in total. The Bertz CT molecular complexity index is 784. The fraction of sp³-hybridized carbons (Fsp3) is 0.167. The molecule has 2 aromatic rings. The quantitative estimate of drug-likeness (QED) is 0.786. The monoisotopic (exact) mass is 341 g/mol. The summed E-state index contributed by atoms with van der Waals surface area (Å²) in [7, 11) is 0. The molecule has 25 heavy (non-hydrogen) atoms. The molecule has 0 fully saturated rings. The summed E-state index contributed by atoms with van der Waals surface area (Å²) in [5.74, 6) is -2.15. The van der Waals surface area contributed by atoms with Gasteiger partial charge in [-0.25, -0.2) is 0 Å². The lowest BCUT2D eigenvalue weighted by Gasteiger charge is -2.12. The molecule has 0 aliphatic rings. The molecular formula is C18H17N2O5-. The molecule has 0 spiro atoms. The fourth-order valence-electron chi connectivity index (χ4n) is 2.07. The van der Waals surface area contributed by atoms with Crippen molar-refractivity contribution in [3.63, 3.8) is 0 Å². The lowest BCUT2D eigenvalue weighted by molar-refractivity contribution is -0.255. The van der Waals surface area contributed by atoms with E-state index >= 15 is 0 Å². The van der Waals surface area contributed by atoms with Crippen molar-refractivity contribution in [2.45, 2.75) is 20.0 Å². The number of ether oxygens (including phenoxy) is 1. The maximum atomic E-state index is 12.0. The molecule has 0 atom stereocenters. The average Bonchev–Trinajstić information content (AvgIpc) is 2.59. The van der Waals surface area contributed by atoms with Crippen molar-refractivity contribution in [1.29, 1.82) is 0 Å². The van der Waals surface area contributed by atoms with E-state index < -0.39 is 17.8 Å². The van der Waals surface area contributed by atoms with Gasteiger partial charge in [0.15, 0.2) is 0 Å². The van der Waals surface area contributed by atoms with Gasteiger partial charge in [0, 0.05) is 11.1 Å². The zero-order valence-corrected chi connectivity index (χ0v) is 13.7. The minimum Gasteiger partial charge on any atom is -0.545 e. The molecule has 2 N–H and O–H groups in total. The van der Waals surface area contributed by atoms with Gasteiger partial charge in [0.2, 0.25) is 0 Å². The lowest BCUT2D eigenvalue weighted by atomic mass is 10.1. The van der Waals surface area contributed by atoms with Crippen LogP contribution in [0.2, 0.25) is 0 Å². The minimum absolute atomic E-state index is 0.0164. The van der Waals surface area contributed by atoms with E-state index in [0.29, 0.717) is 11.3 Å². The van der Waals surface area contributed by atoms with Crippen LogP contribution in [0.15, 0.2) is 48.5 Å². The number of carboxylic acids is 1. The van der Waals surface area contributed by atoms with Crippen LogP contribution in [0.25, 0.3) is 0 Å². The van der Waals surface area contributed by atoms with E-state index in [1.165, 1.54) is 24.3 Å². The van der Waals surface area contributed by atoms with E-state index in [1.807, 2.05) is 13.8 Å². The van der Waals surface area contributed by atoms with Crippen LogP contribution >= 0.6 is 0 Å². The van der Waals surface area contributed by atoms with Gasteiger partial charge in [0.1, 0.15) is 5.75 Å². The van der Waals surface area contributed by atoms with Crippen LogP contribution in [0.1, 0.15) is 44.9 Å². The SMILES string of the molecule is CC(C)Oc1ccc(C(=O)NNC(=O)c2ccccc2C(=O)[O-])cc1. The number of hydrogen-bond acceptors (Lipinski definition) is 5. The number of hydrazine groups is 1. The highest BCUT2D eigenvalue weighted by Gasteiger charge is 2.13. The predicted octanol–water partition coefficient (Wildman–Crippen LogP) is 0.912. The second-order valence-corrected chi connectivity index (χ2v) is 5.43. The molecule has 7 heteroatoms. The standard InChI is InChI=1S/C18H18N2O5/c1-11(2)25-13-9-7-12(8-10-13)16(21)19-20-17(22)14-5-3-4-6-15(14)18(23)24/h3-11H,1-2H3,(H,19,21)(H,20,22)(H,23,24)/p-1. The van der Waals surface area contributed by atoms with E-state index in [4.69, 9.17) is 4.74 Å². The third-order valence-corrected chi connectivity index (χ3v) is 3.17. The van der Waals surface area contributed by atoms with Crippen LogP contribution in [-0.4, -0.2) is 23.9 Å². The summed E-state index contributed by atoms with van der Waals surface area (Å²) in [4.78, 5) is 35.1. The van der Waals surface area contributed by atoms with Crippen molar-refractivity contribution < 1.29 is 24.2 Å². The summed E-state index contributed by atoms with van der Waals surface area (Å²) in [6.07, 6.45) is 0.0164. The molecule has 0 aromatic heterocycles. The Balaban J connectivity index is 2.00. The summed E-state index contributed by atoms with van der Waals surface area (Å²) in [6.45, 7) is 3.78. The van der Waals surface area contributed by atoms with Gasteiger partial charge < -0.3 is 14.6 Å². The maximum absolute atomic E-state index is 12.0. The van der Waals surface area contributed by atoms with E-state index in [1.54, 1.807) is 24.3 Å². The Labute approximate surface area is 144 Å². The van der Waals surface area contributed by atoms with Crippen molar-refractivity contribution >= 4 is 17.8 Å². The average molecular weight is 341 g/mol. The van der Waals surface area contributed by atoms with Crippen LogP contribution in [0, 0.1) is 0 Å². The number of carboxylic acid groups (broad SMARTS) is 1. The van der Waals surface area contributed by atoms with Crippen LogP contribution in [-0.2, 0) is 0 Å².